The number of pyridine rings is 1. The second-order valence-corrected chi connectivity index (χ2v) is 4.41. The van der Waals surface area contributed by atoms with Crippen LogP contribution in [0.5, 0.6) is 0 Å². The third-order valence-electron chi connectivity index (χ3n) is 3.07. The van der Waals surface area contributed by atoms with E-state index in [0.29, 0.717) is 16.9 Å². The normalized spacial score (nSPS) is 13.8. The Morgan fingerprint density at radius 3 is 2.63 bits per heavy atom. The van der Waals surface area contributed by atoms with E-state index in [1.54, 1.807) is 24.3 Å². The lowest BCUT2D eigenvalue weighted by Gasteiger charge is -2.16. The molecule has 0 saturated heterocycles. The lowest BCUT2D eigenvalue weighted by molar-refractivity contribution is 0.0925. The van der Waals surface area contributed by atoms with E-state index in [1.165, 1.54) is 6.20 Å². The van der Waals surface area contributed by atoms with Crippen LogP contribution < -0.4 is 10.6 Å². The van der Waals surface area contributed by atoms with Crippen molar-refractivity contribution < 1.29 is 9.59 Å². The molecule has 2 N–H and O–H groups in total. The molecule has 5 nitrogen and oxygen atoms in total. The minimum absolute atomic E-state index is 0.174. The van der Waals surface area contributed by atoms with E-state index in [-0.39, 0.29) is 11.6 Å². The summed E-state index contributed by atoms with van der Waals surface area (Å²) < 4.78 is 0. The van der Waals surface area contributed by atoms with Gasteiger partial charge in [-0.25, -0.2) is 4.90 Å². The van der Waals surface area contributed by atoms with Crippen molar-refractivity contribution in [2.24, 2.45) is 0 Å². The standard InChI is InChI=1S/C14H11N3O2/c1-8-4-5-11(10(15)7-8)17-13(18)9-3-2-6-16-12(9)14(17)19/h2-7H,15H2,1H3. The molecule has 3 rings (SSSR count). The van der Waals surface area contributed by atoms with Crippen LogP contribution in [0.4, 0.5) is 11.4 Å². The van der Waals surface area contributed by atoms with Crippen molar-refractivity contribution in [2.45, 2.75) is 6.92 Å². The fourth-order valence-electron chi connectivity index (χ4n) is 2.16. The predicted molar refractivity (Wildman–Crippen MR) is 71.0 cm³/mol. The highest BCUT2D eigenvalue weighted by molar-refractivity contribution is 6.34. The van der Waals surface area contributed by atoms with Crippen LogP contribution in [-0.2, 0) is 0 Å². The maximum absolute atomic E-state index is 12.3. The number of nitrogens with zero attached hydrogens (tertiary/aromatic N) is 2. The van der Waals surface area contributed by atoms with E-state index in [0.717, 1.165) is 10.5 Å². The highest BCUT2D eigenvalue weighted by atomic mass is 16.2. The summed E-state index contributed by atoms with van der Waals surface area (Å²) in [6.07, 6.45) is 1.49. The van der Waals surface area contributed by atoms with Gasteiger partial charge in [0.1, 0.15) is 5.69 Å². The molecule has 0 unspecified atom stereocenters. The zero-order valence-electron chi connectivity index (χ0n) is 10.3. The number of hydrogen-bond donors (Lipinski definition) is 1. The van der Waals surface area contributed by atoms with Crippen molar-refractivity contribution >= 4 is 23.2 Å². The van der Waals surface area contributed by atoms with Crippen molar-refractivity contribution in [3.8, 4) is 0 Å². The fourth-order valence-corrected chi connectivity index (χ4v) is 2.16. The Hall–Kier alpha value is -2.69. The first-order valence-corrected chi connectivity index (χ1v) is 5.79. The number of hydrogen-bond acceptors (Lipinski definition) is 4. The summed E-state index contributed by atoms with van der Waals surface area (Å²) in [5.74, 6) is -0.820. The minimum atomic E-state index is -0.434. The third kappa shape index (κ3) is 1.59. The molecule has 1 aliphatic heterocycles. The Morgan fingerprint density at radius 1 is 1.16 bits per heavy atom. The average Bonchev–Trinajstić information content (AvgIpc) is 2.64. The second kappa shape index (κ2) is 3.91. The summed E-state index contributed by atoms with van der Waals surface area (Å²) >= 11 is 0. The van der Waals surface area contributed by atoms with Crippen molar-refractivity contribution in [3.05, 3.63) is 53.3 Å². The number of carbonyl (C=O) groups is 2. The first kappa shape index (κ1) is 11.4. The first-order valence-electron chi connectivity index (χ1n) is 5.79. The van der Waals surface area contributed by atoms with Gasteiger partial charge in [-0.2, -0.15) is 0 Å². The van der Waals surface area contributed by atoms with Gasteiger partial charge in [-0.3, -0.25) is 14.6 Å². The topological polar surface area (TPSA) is 76.3 Å². The van der Waals surface area contributed by atoms with Gasteiger partial charge in [-0.15, -0.1) is 0 Å². The molecule has 0 bridgehead atoms. The molecule has 0 radical (unpaired) electrons. The molecule has 0 fully saturated rings. The number of rotatable bonds is 1. The van der Waals surface area contributed by atoms with E-state index in [1.807, 2.05) is 13.0 Å². The Kier molecular flexibility index (Phi) is 2.35. The highest BCUT2D eigenvalue weighted by Crippen LogP contribution is 2.31. The lowest BCUT2D eigenvalue weighted by Crippen LogP contribution is -2.30. The molecule has 0 saturated carbocycles. The minimum Gasteiger partial charge on any atom is -0.397 e. The molecule has 1 aliphatic rings. The first-order chi connectivity index (χ1) is 9.09. The van der Waals surface area contributed by atoms with Gasteiger partial charge in [-0.05, 0) is 36.8 Å². The van der Waals surface area contributed by atoms with E-state index in [2.05, 4.69) is 4.98 Å². The van der Waals surface area contributed by atoms with Crippen LogP contribution in [0.2, 0.25) is 0 Å². The molecule has 1 aromatic carbocycles. The van der Waals surface area contributed by atoms with Gasteiger partial charge in [0.25, 0.3) is 11.8 Å². The van der Waals surface area contributed by atoms with Gasteiger partial charge in [0, 0.05) is 6.20 Å². The largest absolute Gasteiger partial charge is 0.397 e. The van der Waals surface area contributed by atoms with Gasteiger partial charge in [0.15, 0.2) is 0 Å². The van der Waals surface area contributed by atoms with Crippen LogP contribution in [0, 0.1) is 6.92 Å². The number of benzene rings is 1. The monoisotopic (exact) mass is 253 g/mol. The average molecular weight is 253 g/mol. The van der Waals surface area contributed by atoms with Crippen molar-refractivity contribution in [1.82, 2.24) is 4.98 Å². The van der Waals surface area contributed by atoms with Crippen molar-refractivity contribution in [1.29, 1.82) is 0 Å². The summed E-state index contributed by atoms with van der Waals surface area (Å²) in [5, 5.41) is 0. The van der Waals surface area contributed by atoms with Crippen LogP contribution in [0.3, 0.4) is 0 Å². The van der Waals surface area contributed by atoms with Gasteiger partial charge < -0.3 is 5.73 Å². The van der Waals surface area contributed by atoms with Crippen molar-refractivity contribution in [3.63, 3.8) is 0 Å². The van der Waals surface area contributed by atoms with Crippen LogP contribution in [0.25, 0.3) is 0 Å². The maximum atomic E-state index is 12.3. The molecule has 94 valence electrons. The Bertz CT molecular complexity index is 675. The molecule has 2 amide bonds. The summed E-state index contributed by atoms with van der Waals surface area (Å²) in [6, 6.07) is 8.43. The van der Waals surface area contributed by atoms with E-state index >= 15 is 0 Å². The van der Waals surface area contributed by atoms with Crippen LogP contribution in [-0.4, -0.2) is 16.8 Å². The summed E-state index contributed by atoms with van der Waals surface area (Å²) in [5.41, 5.74) is 8.15. The number of aryl methyl sites for hydroxylation is 1. The smallest absolute Gasteiger partial charge is 0.284 e. The molecule has 2 aromatic rings. The molecule has 0 atom stereocenters. The number of carbonyl (C=O) groups excluding carboxylic acids is 2. The third-order valence-corrected chi connectivity index (χ3v) is 3.07. The molecule has 0 aliphatic carbocycles. The SMILES string of the molecule is Cc1ccc(N2C(=O)c3cccnc3C2=O)c(N)c1. The molecule has 0 spiro atoms. The number of nitrogens with two attached hydrogens (primary N) is 1. The molecular formula is C14H11N3O2. The van der Waals surface area contributed by atoms with Gasteiger partial charge in [0.2, 0.25) is 0 Å². The fraction of sp³-hybridized carbons (Fsp3) is 0.0714. The van der Waals surface area contributed by atoms with Gasteiger partial charge in [0.05, 0.1) is 16.9 Å². The molecule has 1 aromatic heterocycles. The number of imide groups is 1. The molecule has 2 heterocycles. The summed E-state index contributed by atoms with van der Waals surface area (Å²) in [4.78, 5) is 29.5. The van der Waals surface area contributed by atoms with E-state index < -0.39 is 5.91 Å². The van der Waals surface area contributed by atoms with E-state index in [9.17, 15) is 9.59 Å². The Morgan fingerprint density at radius 2 is 1.95 bits per heavy atom. The van der Waals surface area contributed by atoms with Gasteiger partial charge in [-0.1, -0.05) is 6.07 Å². The second-order valence-electron chi connectivity index (χ2n) is 4.41. The van der Waals surface area contributed by atoms with Gasteiger partial charge >= 0.3 is 0 Å². The van der Waals surface area contributed by atoms with Crippen molar-refractivity contribution in [2.75, 3.05) is 10.6 Å². The highest BCUT2D eigenvalue weighted by Gasteiger charge is 2.38. The Balaban J connectivity index is 2.14. The lowest BCUT2D eigenvalue weighted by atomic mass is 10.2. The number of nitrogen functional groups attached to an aromatic ring is 1. The van der Waals surface area contributed by atoms with Crippen LogP contribution >= 0.6 is 0 Å². The zero-order chi connectivity index (χ0) is 13.6. The number of fused-ring (bicyclic) bond motifs is 1. The number of anilines is 2. The number of amides is 2. The Labute approximate surface area is 109 Å². The summed E-state index contributed by atoms with van der Waals surface area (Å²) in [7, 11) is 0. The maximum Gasteiger partial charge on any atom is 0.284 e. The zero-order valence-corrected chi connectivity index (χ0v) is 10.3. The number of aromatic nitrogens is 1. The quantitative estimate of drug-likeness (QED) is 0.620. The molecular weight excluding hydrogens is 242 g/mol. The van der Waals surface area contributed by atoms with Crippen LogP contribution in [0.1, 0.15) is 26.4 Å². The van der Waals surface area contributed by atoms with E-state index in [4.69, 9.17) is 5.73 Å². The molecule has 19 heavy (non-hydrogen) atoms. The summed E-state index contributed by atoms with van der Waals surface area (Å²) in [6.45, 7) is 1.89. The van der Waals surface area contributed by atoms with Crippen LogP contribution in [0.15, 0.2) is 36.5 Å². The molecule has 5 heteroatoms. The predicted octanol–water partition coefficient (Wildman–Crippen LogP) is 1.77.